The molecule has 162 valence electrons. The Kier molecular flexibility index (Phi) is 7.18. The number of amides is 1. The highest BCUT2D eigenvalue weighted by molar-refractivity contribution is 7.89. The summed E-state index contributed by atoms with van der Waals surface area (Å²) in [5, 5.41) is 3.13. The van der Waals surface area contributed by atoms with Crippen molar-refractivity contribution in [3.8, 4) is 0 Å². The molecule has 1 saturated heterocycles. The van der Waals surface area contributed by atoms with E-state index in [1.807, 2.05) is 45.2 Å². The Balaban J connectivity index is 1.83. The number of rotatable bonds is 6. The van der Waals surface area contributed by atoms with Crippen molar-refractivity contribution in [2.24, 2.45) is 0 Å². The van der Waals surface area contributed by atoms with E-state index in [9.17, 15) is 13.2 Å². The van der Waals surface area contributed by atoms with Gasteiger partial charge in [0.25, 0.3) is 5.91 Å². The number of nitrogens with one attached hydrogen (secondary N) is 1. The average molecular weight is 450 g/mol. The molecule has 1 unspecified atom stereocenters. The van der Waals surface area contributed by atoms with E-state index >= 15 is 0 Å². The van der Waals surface area contributed by atoms with E-state index in [2.05, 4.69) is 10.2 Å². The number of aryl methyl sites for hydroxylation is 1. The van der Waals surface area contributed by atoms with Crippen molar-refractivity contribution in [1.29, 1.82) is 0 Å². The van der Waals surface area contributed by atoms with E-state index in [0.717, 1.165) is 17.5 Å². The van der Waals surface area contributed by atoms with Crippen LogP contribution in [0, 0.1) is 6.92 Å². The van der Waals surface area contributed by atoms with Crippen LogP contribution in [-0.4, -0.2) is 56.8 Å². The van der Waals surface area contributed by atoms with Crippen molar-refractivity contribution >= 4 is 27.5 Å². The molecule has 0 radical (unpaired) electrons. The minimum atomic E-state index is -3.77. The molecule has 8 heteroatoms. The van der Waals surface area contributed by atoms with Crippen LogP contribution in [0.4, 0.5) is 0 Å². The Morgan fingerprint density at radius 1 is 1.10 bits per heavy atom. The van der Waals surface area contributed by atoms with Gasteiger partial charge in [-0.2, -0.15) is 4.31 Å². The number of carbonyl (C=O) groups excluding carboxylic acids is 1. The maximum atomic E-state index is 13.1. The number of nitrogens with zero attached hydrogens (tertiary/aromatic N) is 2. The van der Waals surface area contributed by atoms with Gasteiger partial charge in [-0.15, -0.1) is 0 Å². The fraction of sp³-hybridized carbons (Fsp3) is 0.409. The largest absolute Gasteiger partial charge is 0.345 e. The molecular weight excluding hydrogens is 422 g/mol. The molecular formula is C22H28ClN3O3S. The van der Waals surface area contributed by atoms with Crippen LogP contribution in [0.1, 0.15) is 40.9 Å². The summed E-state index contributed by atoms with van der Waals surface area (Å²) in [4.78, 5) is 14.9. The van der Waals surface area contributed by atoms with Crippen molar-refractivity contribution in [2.75, 3.05) is 33.2 Å². The summed E-state index contributed by atoms with van der Waals surface area (Å²) in [5.41, 5.74) is 2.43. The number of sulfonamides is 1. The SMILES string of the molecule is CCC(NC(=O)c1ccc(Cl)c(S(=O)(=O)N2CCN(C)CC2)c1)c1ccc(C)cc1. The lowest BCUT2D eigenvalue weighted by molar-refractivity contribution is 0.0935. The molecule has 2 aromatic rings. The van der Waals surface area contributed by atoms with Crippen molar-refractivity contribution in [3.05, 3.63) is 64.2 Å². The zero-order valence-electron chi connectivity index (χ0n) is 17.6. The monoisotopic (exact) mass is 449 g/mol. The lowest BCUT2D eigenvalue weighted by atomic mass is 10.0. The lowest BCUT2D eigenvalue weighted by Gasteiger charge is -2.31. The Morgan fingerprint density at radius 3 is 2.33 bits per heavy atom. The van der Waals surface area contributed by atoms with E-state index in [1.54, 1.807) is 6.07 Å². The molecule has 6 nitrogen and oxygen atoms in total. The third-order valence-corrected chi connectivity index (χ3v) is 7.85. The van der Waals surface area contributed by atoms with Crippen LogP contribution in [-0.2, 0) is 10.0 Å². The maximum absolute atomic E-state index is 13.1. The van der Waals surface area contributed by atoms with Crippen LogP contribution in [0.3, 0.4) is 0 Å². The molecule has 2 aromatic carbocycles. The van der Waals surface area contributed by atoms with E-state index in [1.165, 1.54) is 16.4 Å². The molecule has 1 N–H and O–H groups in total. The first-order valence-electron chi connectivity index (χ1n) is 10.1. The normalized spacial score (nSPS) is 16.9. The summed E-state index contributed by atoms with van der Waals surface area (Å²) < 4.78 is 27.7. The number of benzene rings is 2. The highest BCUT2D eigenvalue weighted by Gasteiger charge is 2.30. The number of halogens is 1. The van der Waals surface area contributed by atoms with E-state index in [0.29, 0.717) is 26.2 Å². The third kappa shape index (κ3) is 5.03. The maximum Gasteiger partial charge on any atom is 0.251 e. The molecule has 0 spiro atoms. The summed E-state index contributed by atoms with van der Waals surface area (Å²) >= 11 is 6.23. The molecule has 1 atom stereocenters. The molecule has 0 aromatic heterocycles. The molecule has 0 saturated carbocycles. The summed E-state index contributed by atoms with van der Waals surface area (Å²) in [6.45, 7) is 6.13. The van der Waals surface area contributed by atoms with Gasteiger partial charge in [-0.25, -0.2) is 8.42 Å². The molecule has 3 rings (SSSR count). The summed E-state index contributed by atoms with van der Waals surface area (Å²) in [6.07, 6.45) is 0.717. The summed E-state index contributed by atoms with van der Waals surface area (Å²) in [7, 11) is -1.81. The number of carbonyl (C=O) groups is 1. The number of likely N-dealkylation sites (N-methyl/N-ethyl adjacent to an activating group) is 1. The second-order valence-electron chi connectivity index (χ2n) is 7.70. The second-order valence-corrected chi connectivity index (χ2v) is 10.0. The summed E-state index contributed by atoms with van der Waals surface area (Å²) in [6, 6.07) is 12.3. The van der Waals surface area contributed by atoms with Gasteiger partial charge in [-0.1, -0.05) is 48.4 Å². The minimum Gasteiger partial charge on any atom is -0.345 e. The quantitative estimate of drug-likeness (QED) is 0.733. The number of piperazine rings is 1. The molecule has 1 heterocycles. The first kappa shape index (κ1) is 22.7. The Hall–Kier alpha value is -1.93. The van der Waals surface area contributed by atoms with Crippen molar-refractivity contribution < 1.29 is 13.2 Å². The van der Waals surface area contributed by atoms with Crippen molar-refractivity contribution in [2.45, 2.75) is 31.2 Å². The molecule has 1 aliphatic heterocycles. The smallest absolute Gasteiger partial charge is 0.251 e. The van der Waals surface area contributed by atoms with Gasteiger partial charge in [-0.3, -0.25) is 4.79 Å². The van der Waals surface area contributed by atoms with E-state index in [-0.39, 0.29) is 27.4 Å². The van der Waals surface area contributed by atoms with E-state index in [4.69, 9.17) is 11.6 Å². The van der Waals surface area contributed by atoms with E-state index < -0.39 is 10.0 Å². The number of hydrogen-bond acceptors (Lipinski definition) is 4. The predicted octanol–water partition coefficient (Wildman–Crippen LogP) is 3.47. The fourth-order valence-electron chi connectivity index (χ4n) is 3.47. The van der Waals surface area contributed by atoms with Gasteiger partial charge in [0.15, 0.2) is 0 Å². The highest BCUT2D eigenvalue weighted by Crippen LogP contribution is 2.27. The van der Waals surface area contributed by atoms with Crippen LogP contribution in [0.25, 0.3) is 0 Å². The lowest BCUT2D eigenvalue weighted by Crippen LogP contribution is -2.47. The topological polar surface area (TPSA) is 69.7 Å². The predicted molar refractivity (Wildman–Crippen MR) is 119 cm³/mol. The molecule has 0 aliphatic carbocycles. The standard InChI is InChI=1S/C22H28ClN3O3S/c1-4-20(17-7-5-16(2)6-8-17)24-22(27)18-9-10-19(23)21(15-18)30(28,29)26-13-11-25(3)12-14-26/h5-10,15,20H,4,11-14H2,1-3H3,(H,24,27). The number of hydrogen-bond donors (Lipinski definition) is 1. The van der Waals surface area contributed by atoms with Crippen LogP contribution in [0.2, 0.25) is 5.02 Å². The van der Waals surface area contributed by atoms with Gasteiger partial charge < -0.3 is 10.2 Å². The Morgan fingerprint density at radius 2 is 1.73 bits per heavy atom. The van der Waals surface area contributed by atoms with Gasteiger partial charge in [0.1, 0.15) is 4.90 Å². The van der Waals surface area contributed by atoms with Crippen LogP contribution < -0.4 is 5.32 Å². The Labute approximate surface area is 183 Å². The zero-order chi connectivity index (χ0) is 21.9. The molecule has 1 fully saturated rings. The van der Waals surface area contributed by atoms with Gasteiger partial charge in [0.2, 0.25) is 10.0 Å². The van der Waals surface area contributed by atoms with Crippen molar-refractivity contribution in [3.63, 3.8) is 0 Å². The van der Waals surface area contributed by atoms with Gasteiger partial charge in [-0.05, 0) is 44.2 Å². The fourth-order valence-corrected chi connectivity index (χ4v) is 5.39. The van der Waals surface area contributed by atoms with Crippen LogP contribution in [0.5, 0.6) is 0 Å². The third-order valence-electron chi connectivity index (χ3n) is 5.47. The van der Waals surface area contributed by atoms with Gasteiger partial charge in [0, 0.05) is 31.7 Å². The molecule has 1 aliphatic rings. The molecule has 1 amide bonds. The summed E-state index contributed by atoms with van der Waals surface area (Å²) in [5.74, 6) is -0.325. The average Bonchev–Trinajstić information content (AvgIpc) is 2.73. The van der Waals surface area contributed by atoms with Gasteiger partial charge >= 0.3 is 0 Å². The van der Waals surface area contributed by atoms with Crippen LogP contribution >= 0.6 is 11.6 Å². The first-order chi connectivity index (χ1) is 14.2. The Bertz CT molecular complexity index is 1000. The first-order valence-corrected chi connectivity index (χ1v) is 11.9. The van der Waals surface area contributed by atoms with Crippen LogP contribution in [0.15, 0.2) is 47.4 Å². The minimum absolute atomic E-state index is 0.0234. The van der Waals surface area contributed by atoms with Crippen molar-refractivity contribution in [1.82, 2.24) is 14.5 Å². The zero-order valence-corrected chi connectivity index (χ0v) is 19.1. The molecule has 0 bridgehead atoms. The van der Waals surface area contributed by atoms with Gasteiger partial charge in [0.05, 0.1) is 11.1 Å². The molecule has 30 heavy (non-hydrogen) atoms. The second kappa shape index (κ2) is 9.47. The highest BCUT2D eigenvalue weighted by atomic mass is 35.5.